The molecule has 0 aliphatic heterocycles. The number of hydrogen-bond acceptors (Lipinski definition) is 2. The van der Waals surface area contributed by atoms with E-state index in [0.29, 0.717) is 12.5 Å². The molecule has 0 radical (unpaired) electrons. The second-order valence-corrected chi connectivity index (χ2v) is 6.39. The van der Waals surface area contributed by atoms with E-state index in [1.54, 1.807) is 7.11 Å². The summed E-state index contributed by atoms with van der Waals surface area (Å²) in [7, 11) is 1.75. The van der Waals surface area contributed by atoms with Gasteiger partial charge >= 0.3 is 0 Å². The summed E-state index contributed by atoms with van der Waals surface area (Å²) in [6.45, 7) is 7.45. The number of benzene rings is 1. The van der Waals surface area contributed by atoms with Crippen LogP contribution in [0.1, 0.15) is 50.7 Å². The lowest BCUT2D eigenvalue weighted by Crippen LogP contribution is -2.17. The third kappa shape index (κ3) is 2.69. The Balaban J connectivity index is 2.41. The Kier molecular flexibility index (Phi) is 3.67. The van der Waals surface area contributed by atoms with Crippen molar-refractivity contribution in [3.05, 3.63) is 29.3 Å². The molecule has 0 amide bonds. The van der Waals surface area contributed by atoms with Crippen molar-refractivity contribution in [1.29, 1.82) is 0 Å². The molecule has 1 atom stereocenters. The highest BCUT2D eigenvalue weighted by Crippen LogP contribution is 2.45. The zero-order valence-electron chi connectivity index (χ0n) is 12.0. The van der Waals surface area contributed by atoms with Gasteiger partial charge in [0.1, 0.15) is 5.75 Å². The Morgan fingerprint density at radius 2 is 2.00 bits per heavy atom. The maximum Gasteiger partial charge on any atom is 0.122 e. The molecule has 0 aromatic heterocycles. The molecule has 2 nitrogen and oxygen atoms in total. The molecule has 2 heteroatoms. The summed E-state index contributed by atoms with van der Waals surface area (Å²) in [5.41, 5.74) is 8.80. The van der Waals surface area contributed by atoms with Gasteiger partial charge in [-0.15, -0.1) is 0 Å². The molecule has 1 aliphatic rings. The lowest BCUT2D eigenvalue weighted by molar-refractivity contribution is 0.401. The molecule has 1 saturated carbocycles. The van der Waals surface area contributed by atoms with Crippen molar-refractivity contribution in [3.63, 3.8) is 0 Å². The number of ether oxygens (including phenoxy) is 1. The van der Waals surface area contributed by atoms with E-state index in [9.17, 15) is 0 Å². The van der Waals surface area contributed by atoms with Gasteiger partial charge in [0.15, 0.2) is 0 Å². The van der Waals surface area contributed by atoms with Gasteiger partial charge in [0, 0.05) is 5.92 Å². The first kappa shape index (κ1) is 13.4. The summed E-state index contributed by atoms with van der Waals surface area (Å²) in [5, 5.41) is 0. The summed E-state index contributed by atoms with van der Waals surface area (Å²) in [6.07, 6.45) is 2.62. The number of methoxy groups -OCH3 is 1. The first-order valence-corrected chi connectivity index (χ1v) is 6.86. The van der Waals surface area contributed by atoms with Gasteiger partial charge < -0.3 is 10.5 Å². The molecule has 0 spiro atoms. The zero-order chi connectivity index (χ0) is 13.3. The normalized spacial score (nSPS) is 17.6. The minimum atomic E-state index is 0.170. The minimum absolute atomic E-state index is 0.170. The molecule has 0 saturated heterocycles. The molecular weight excluding hydrogens is 222 g/mol. The molecule has 0 heterocycles. The molecule has 1 aromatic carbocycles. The van der Waals surface area contributed by atoms with E-state index >= 15 is 0 Å². The van der Waals surface area contributed by atoms with Crippen molar-refractivity contribution >= 4 is 0 Å². The summed E-state index contributed by atoms with van der Waals surface area (Å²) < 4.78 is 5.52. The Morgan fingerprint density at radius 1 is 1.33 bits per heavy atom. The fourth-order valence-corrected chi connectivity index (χ4v) is 2.56. The standard InChI is InChI=1S/C16H25NO/c1-16(2,3)12-7-8-15(18-4)13(9-12)14(10-17)11-5-6-11/h7-9,11,14H,5-6,10,17H2,1-4H3. The second kappa shape index (κ2) is 4.93. The van der Waals surface area contributed by atoms with Crippen LogP contribution in [0.5, 0.6) is 5.75 Å². The molecule has 2 N–H and O–H groups in total. The lowest BCUT2D eigenvalue weighted by Gasteiger charge is -2.24. The van der Waals surface area contributed by atoms with Gasteiger partial charge in [-0.1, -0.05) is 32.9 Å². The van der Waals surface area contributed by atoms with E-state index in [4.69, 9.17) is 10.5 Å². The van der Waals surface area contributed by atoms with E-state index in [1.165, 1.54) is 24.0 Å². The van der Waals surface area contributed by atoms with Gasteiger partial charge in [-0.25, -0.2) is 0 Å². The first-order valence-electron chi connectivity index (χ1n) is 6.86. The maximum absolute atomic E-state index is 5.97. The third-order valence-electron chi connectivity index (χ3n) is 3.94. The molecule has 1 aliphatic carbocycles. The summed E-state index contributed by atoms with van der Waals surface area (Å²) in [5.74, 6) is 2.21. The maximum atomic E-state index is 5.97. The molecule has 1 unspecified atom stereocenters. The third-order valence-corrected chi connectivity index (χ3v) is 3.94. The minimum Gasteiger partial charge on any atom is -0.496 e. The molecular formula is C16H25NO. The quantitative estimate of drug-likeness (QED) is 0.884. The van der Waals surface area contributed by atoms with Crippen LogP contribution in [0.25, 0.3) is 0 Å². The van der Waals surface area contributed by atoms with E-state index < -0.39 is 0 Å². The predicted molar refractivity (Wildman–Crippen MR) is 76.2 cm³/mol. The van der Waals surface area contributed by atoms with Gasteiger partial charge in [-0.3, -0.25) is 0 Å². The average molecular weight is 247 g/mol. The Bertz CT molecular complexity index is 416. The molecule has 2 rings (SSSR count). The highest BCUT2D eigenvalue weighted by molar-refractivity contribution is 5.42. The van der Waals surface area contributed by atoms with E-state index in [0.717, 1.165) is 11.7 Å². The topological polar surface area (TPSA) is 35.2 Å². The van der Waals surface area contributed by atoms with Gasteiger partial charge in [-0.2, -0.15) is 0 Å². The Hall–Kier alpha value is -1.02. The van der Waals surface area contributed by atoms with Crippen molar-refractivity contribution in [3.8, 4) is 5.75 Å². The van der Waals surface area contributed by atoms with Crippen molar-refractivity contribution in [2.45, 2.75) is 44.9 Å². The van der Waals surface area contributed by atoms with E-state index in [-0.39, 0.29) is 5.41 Å². The van der Waals surface area contributed by atoms with Crippen LogP contribution in [0.4, 0.5) is 0 Å². The number of rotatable bonds is 4. The largest absolute Gasteiger partial charge is 0.496 e. The summed E-state index contributed by atoms with van der Waals surface area (Å²) in [6, 6.07) is 6.57. The van der Waals surface area contributed by atoms with Crippen LogP contribution in [-0.2, 0) is 5.41 Å². The van der Waals surface area contributed by atoms with Crippen LogP contribution in [0.15, 0.2) is 18.2 Å². The van der Waals surface area contributed by atoms with Crippen LogP contribution in [-0.4, -0.2) is 13.7 Å². The summed E-state index contributed by atoms with van der Waals surface area (Å²) in [4.78, 5) is 0. The first-order chi connectivity index (χ1) is 8.47. The smallest absolute Gasteiger partial charge is 0.122 e. The predicted octanol–water partition coefficient (Wildman–Crippen LogP) is 3.45. The lowest BCUT2D eigenvalue weighted by atomic mass is 9.83. The van der Waals surface area contributed by atoms with Gasteiger partial charge in [0.2, 0.25) is 0 Å². The average Bonchev–Trinajstić information content (AvgIpc) is 3.13. The fraction of sp³-hybridized carbons (Fsp3) is 0.625. The molecule has 100 valence electrons. The van der Waals surface area contributed by atoms with Gasteiger partial charge in [0.25, 0.3) is 0 Å². The van der Waals surface area contributed by atoms with Crippen molar-refractivity contribution in [2.75, 3.05) is 13.7 Å². The van der Waals surface area contributed by atoms with E-state index in [1.807, 2.05) is 0 Å². The monoisotopic (exact) mass is 247 g/mol. The summed E-state index contributed by atoms with van der Waals surface area (Å²) >= 11 is 0. The SMILES string of the molecule is COc1ccc(C(C)(C)C)cc1C(CN)C1CC1. The Morgan fingerprint density at radius 3 is 2.44 bits per heavy atom. The molecule has 0 bridgehead atoms. The van der Waals surface area contributed by atoms with Crippen molar-refractivity contribution in [2.24, 2.45) is 11.7 Å². The van der Waals surface area contributed by atoms with Crippen LogP contribution in [0, 0.1) is 5.92 Å². The van der Waals surface area contributed by atoms with Gasteiger partial charge in [0.05, 0.1) is 7.11 Å². The van der Waals surface area contributed by atoms with Crippen LogP contribution >= 0.6 is 0 Å². The van der Waals surface area contributed by atoms with Crippen LogP contribution in [0.3, 0.4) is 0 Å². The molecule has 18 heavy (non-hydrogen) atoms. The highest BCUT2D eigenvalue weighted by atomic mass is 16.5. The molecule has 1 aromatic rings. The second-order valence-electron chi connectivity index (χ2n) is 6.39. The number of hydrogen-bond donors (Lipinski definition) is 1. The fourth-order valence-electron chi connectivity index (χ4n) is 2.56. The Labute approximate surface area is 111 Å². The van der Waals surface area contributed by atoms with Gasteiger partial charge in [-0.05, 0) is 47.9 Å². The van der Waals surface area contributed by atoms with E-state index in [2.05, 4.69) is 39.0 Å². The van der Waals surface area contributed by atoms with Crippen molar-refractivity contribution < 1.29 is 4.74 Å². The molecule has 1 fully saturated rings. The van der Waals surface area contributed by atoms with Crippen LogP contribution < -0.4 is 10.5 Å². The van der Waals surface area contributed by atoms with Crippen LogP contribution in [0.2, 0.25) is 0 Å². The van der Waals surface area contributed by atoms with Crippen molar-refractivity contribution in [1.82, 2.24) is 0 Å². The highest BCUT2D eigenvalue weighted by Gasteiger charge is 2.33. The zero-order valence-corrected chi connectivity index (χ0v) is 12.0. The number of nitrogens with two attached hydrogens (primary N) is 1.